The zero-order valence-corrected chi connectivity index (χ0v) is 22.6. The molecule has 0 aromatic carbocycles. The van der Waals surface area contributed by atoms with E-state index < -0.39 is 5.97 Å². The number of nitrogens with zero attached hydrogens (tertiary/aromatic N) is 2. The second-order valence-corrected chi connectivity index (χ2v) is 11.7. The van der Waals surface area contributed by atoms with Gasteiger partial charge in [-0.25, -0.2) is 9.79 Å². The van der Waals surface area contributed by atoms with Crippen LogP contribution in [-0.2, 0) is 14.3 Å². The minimum Gasteiger partial charge on any atom is -0.462 e. The van der Waals surface area contributed by atoms with Gasteiger partial charge in [0.05, 0.1) is 17.9 Å². The fourth-order valence-corrected chi connectivity index (χ4v) is 5.98. The Kier molecular flexibility index (Phi) is 8.72. The molecule has 3 rings (SSSR count). The van der Waals surface area contributed by atoms with Crippen LogP contribution in [0.3, 0.4) is 0 Å². The summed E-state index contributed by atoms with van der Waals surface area (Å²) in [5.74, 6) is -0.569. The number of aryl methyl sites for hydroxylation is 2. The van der Waals surface area contributed by atoms with Crippen LogP contribution in [0.15, 0.2) is 22.8 Å². The van der Waals surface area contributed by atoms with Crippen LogP contribution in [0, 0.1) is 26.7 Å². The summed E-state index contributed by atoms with van der Waals surface area (Å²) >= 11 is 4.16. The molecule has 2 aromatic heterocycles. The van der Waals surface area contributed by atoms with Crippen molar-refractivity contribution >= 4 is 68.5 Å². The maximum absolute atomic E-state index is 13.0. The van der Waals surface area contributed by atoms with Gasteiger partial charge in [0.2, 0.25) is 5.91 Å². The lowest BCUT2D eigenvalue weighted by Crippen LogP contribution is -2.34. The Hall–Kier alpha value is -2.43. The molecule has 7 nitrogen and oxygen atoms in total. The molecule has 10 heteroatoms. The lowest BCUT2D eigenvalue weighted by molar-refractivity contribution is -0.123. The lowest BCUT2D eigenvalue weighted by atomic mass is 10.1. The number of hydrogen-bond donors (Lipinski definition) is 1. The van der Waals surface area contributed by atoms with Crippen molar-refractivity contribution in [1.82, 2.24) is 4.90 Å². The number of thiophene rings is 2. The van der Waals surface area contributed by atoms with E-state index in [0.29, 0.717) is 28.0 Å². The quantitative estimate of drug-likeness (QED) is 0.369. The zero-order valence-electron chi connectivity index (χ0n) is 20.2. The summed E-state index contributed by atoms with van der Waals surface area (Å²) in [6, 6.07) is 3.97. The number of esters is 1. The lowest BCUT2D eigenvalue weighted by Gasteiger charge is -2.19. The van der Waals surface area contributed by atoms with Crippen LogP contribution in [0.2, 0.25) is 0 Å². The van der Waals surface area contributed by atoms with E-state index in [-0.39, 0.29) is 30.1 Å². The fourth-order valence-electron chi connectivity index (χ4n) is 3.29. The molecule has 0 fully saturated rings. The molecule has 0 atom stereocenters. The number of amides is 2. The molecule has 0 aliphatic carbocycles. The van der Waals surface area contributed by atoms with Crippen molar-refractivity contribution in [3.05, 3.63) is 43.6 Å². The number of rotatable bonds is 8. The number of ether oxygens (including phenoxy) is 1. The molecular weight excluding hydrogens is 490 g/mol. The van der Waals surface area contributed by atoms with Gasteiger partial charge < -0.3 is 10.1 Å². The molecule has 34 heavy (non-hydrogen) atoms. The van der Waals surface area contributed by atoms with Gasteiger partial charge in [-0.05, 0) is 57.4 Å². The normalized spacial score (nSPS) is 14.8. The van der Waals surface area contributed by atoms with Crippen molar-refractivity contribution in [2.45, 2.75) is 41.5 Å². The van der Waals surface area contributed by atoms with Crippen LogP contribution in [0.4, 0.5) is 5.00 Å². The highest BCUT2D eigenvalue weighted by atomic mass is 32.2. The molecule has 0 saturated carbocycles. The third-order valence-corrected chi connectivity index (χ3v) is 8.00. The molecular formula is C24H29N3O4S3. The number of carbonyl (C=O) groups excluding carboxylic acids is 3. The van der Waals surface area contributed by atoms with Gasteiger partial charge in [0, 0.05) is 21.2 Å². The van der Waals surface area contributed by atoms with Crippen LogP contribution >= 0.6 is 34.4 Å². The van der Waals surface area contributed by atoms with Gasteiger partial charge in [-0.15, -0.1) is 22.7 Å². The standard InChI is InChI=1S/C24H29N3O4S3/c1-7-31-23(30)20-15(5)16(6)34-21(20)26-19(28)12-32-24-25-18(10-17-9-8-14(4)33-17)22(29)27(24)11-13(2)3/h8-10,13H,7,11-12H2,1-6H3,(H,26,28)/b18-10+. The Bertz CT molecular complexity index is 1160. The topological polar surface area (TPSA) is 88.1 Å². The van der Waals surface area contributed by atoms with Crippen LogP contribution in [0.1, 0.15) is 51.3 Å². The summed E-state index contributed by atoms with van der Waals surface area (Å²) in [6.45, 7) is 12.3. The van der Waals surface area contributed by atoms with E-state index in [4.69, 9.17) is 4.74 Å². The molecule has 3 heterocycles. The first kappa shape index (κ1) is 26.2. The van der Waals surface area contributed by atoms with E-state index >= 15 is 0 Å². The van der Waals surface area contributed by atoms with Crippen molar-refractivity contribution in [2.24, 2.45) is 10.9 Å². The smallest absolute Gasteiger partial charge is 0.341 e. The predicted octanol–water partition coefficient (Wildman–Crippen LogP) is 5.48. The third-order valence-electron chi connectivity index (χ3n) is 4.95. The van der Waals surface area contributed by atoms with Crippen molar-refractivity contribution in [3.8, 4) is 0 Å². The maximum Gasteiger partial charge on any atom is 0.341 e. The van der Waals surface area contributed by atoms with E-state index in [9.17, 15) is 14.4 Å². The van der Waals surface area contributed by atoms with E-state index in [1.165, 1.54) is 23.1 Å². The second kappa shape index (κ2) is 11.3. The minimum absolute atomic E-state index is 0.0599. The Morgan fingerprint density at radius 3 is 2.59 bits per heavy atom. The van der Waals surface area contributed by atoms with Gasteiger partial charge in [-0.2, -0.15) is 0 Å². The first-order chi connectivity index (χ1) is 16.1. The molecule has 2 aromatic rings. The number of aliphatic imine (C=N–C) groups is 1. The first-order valence-corrected chi connectivity index (χ1v) is 13.6. The molecule has 0 spiro atoms. The number of amidine groups is 1. The van der Waals surface area contributed by atoms with Gasteiger partial charge in [0.15, 0.2) is 5.17 Å². The molecule has 1 aliphatic rings. The van der Waals surface area contributed by atoms with E-state index in [1.807, 2.05) is 46.8 Å². The average Bonchev–Trinajstić information content (AvgIpc) is 3.38. The largest absolute Gasteiger partial charge is 0.462 e. The van der Waals surface area contributed by atoms with Crippen LogP contribution in [-0.4, -0.2) is 46.8 Å². The Morgan fingerprint density at radius 1 is 1.24 bits per heavy atom. The van der Waals surface area contributed by atoms with Crippen molar-refractivity contribution in [2.75, 3.05) is 24.2 Å². The third kappa shape index (κ3) is 6.17. The average molecular weight is 520 g/mol. The Morgan fingerprint density at radius 2 is 1.97 bits per heavy atom. The maximum atomic E-state index is 13.0. The molecule has 0 saturated heterocycles. The number of thioether (sulfide) groups is 1. The first-order valence-electron chi connectivity index (χ1n) is 11.0. The summed E-state index contributed by atoms with van der Waals surface area (Å²) in [7, 11) is 0. The van der Waals surface area contributed by atoms with Crippen LogP contribution in [0.25, 0.3) is 6.08 Å². The van der Waals surface area contributed by atoms with Gasteiger partial charge in [-0.3, -0.25) is 14.5 Å². The van der Waals surface area contributed by atoms with Crippen LogP contribution in [0.5, 0.6) is 0 Å². The number of carbonyl (C=O) groups is 3. The summed E-state index contributed by atoms with van der Waals surface area (Å²) in [5.41, 5.74) is 1.58. The van der Waals surface area contributed by atoms with Crippen molar-refractivity contribution in [1.29, 1.82) is 0 Å². The van der Waals surface area contributed by atoms with E-state index in [1.54, 1.807) is 29.2 Å². The summed E-state index contributed by atoms with van der Waals surface area (Å²) in [6.07, 6.45) is 1.80. The Balaban J connectivity index is 1.75. The van der Waals surface area contributed by atoms with Gasteiger partial charge in [-0.1, -0.05) is 25.6 Å². The molecule has 0 bridgehead atoms. The monoisotopic (exact) mass is 519 g/mol. The summed E-state index contributed by atoms with van der Waals surface area (Å²) in [4.78, 5) is 47.4. The summed E-state index contributed by atoms with van der Waals surface area (Å²) < 4.78 is 5.15. The SMILES string of the molecule is CCOC(=O)c1c(NC(=O)CSC2=N/C(=C/c3ccc(C)s3)C(=O)N2CC(C)C)sc(C)c1C. The number of anilines is 1. The molecule has 1 aliphatic heterocycles. The number of nitrogens with one attached hydrogen (secondary N) is 1. The van der Waals surface area contributed by atoms with E-state index in [0.717, 1.165) is 20.2 Å². The van der Waals surface area contributed by atoms with Crippen molar-refractivity contribution in [3.63, 3.8) is 0 Å². The fraction of sp³-hybridized carbons (Fsp3) is 0.417. The molecule has 1 N–H and O–H groups in total. The highest BCUT2D eigenvalue weighted by Gasteiger charge is 2.31. The highest BCUT2D eigenvalue weighted by Crippen LogP contribution is 2.33. The summed E-state index contributed by atoms with van der Waals surface area (Å²) in [5, 5.41) is 3.84. The van der Waals surface area contributed by atoms with Crippen molar-refractivity contribution < 1.29 is 19.1 Å². The molecule has 2 amide bonds. The highest BCUT2D eigenvalue weighted by molar-refractivity contribution is 8.14. The molecule has 0 unspecified atom stereocenters. The molecule has 0 radical (unpaired) electrons. The Labute approximate surface area is 212 Å². The minimum atomic E-state index is -0.445. The van der Waals surface area contributed by atoms with Gasteiger partial charge >= 0.3 is 5.97 Å². The van der Waals surface area contributed by atoms with Gasteiger partial charge in [0.25, 0.3) is 5.91 Å². The molecule has 182 valence electrons. The van der Waals surface area contributed by atoms with Gasteiger partial charge in [0.1, 0.15) is 10.7 Å². The zero-order chi connectivity index (χ0) is 25.0. The second-order valence-electron chi connectivity index (χ2n) is 8.23. The number of hydrogen-bond acceptors (Lipinski definition) is 8. The van der Waals surface area contributed by atoms with Crippen LogP contribution < -0.4 is 5.32 Å². The predicted molar refractivity (Wildman–Crippen MR) is 142 cm³/mol. The van der Waals surface area contributed by atoms with E-state index in [2.05, 4.69) is 10.3 Å².